The van der Waals surface area contributed by atoms with E-state index in [9.17, 15) is 0 Å². The van der Waals surface area contributed by atoms with E-state index < -0.39 is 0 Å². The normalized spacial score (nSPS) is 8.00. The highest BCUT2D eigenvalue weighted by molar-refractivity contribution is 7.71. The van der Waals surface area contributed by atoms with Gasteiger partial charge in [-0.1, -0.05) is 0 Å². The number of rotatable bonds is 0. The molecular formula is C2H5ClN4S. The van der Waals surface area contributed by atoms with Gasteiger partial charge in [-0.05, 0) is 12.2 Å². The van der Waals surface area contributed by atoms with Gasteiger partial charge in [-0.3, -0.25) is 5.10 Å². The molecule has 0 spiro atoms. The molecule has 0 bridgehead atoms. The van der Waals surface area contributed by atoms with Crippen LogP contribution in [0.15, 0.2) is 6.33 Å². The summed E-state index contributed by atoms with van der Waals surface area (Å²) in [6.07, 6.45) is 1.41. The fraction of sp³-hybridized carbons (Fsp3) is 0. The first-order valence-corrected chi connectivity index (χ1v) is 2.08. The fourth-order valence-corrected chi connectivity index (χ4v) is 0.356. The second-order valence-corrected chi connectivity index (χ2v) is 1.46. The van der Waals surface area contributed by atoms with Gasteiger partial charge in [-0.2, -0.15) is 5.10 Å². The van der Waals surface area contributed by atoms with Gasteiger partial charge in [-0.15, -0.1) is 12.4 Å². The summed E-state index contributed by atoms with van der Waals surface area (Å²) in [5.74, 6) is 5.16. The van der Waals surface area contributed by atoms with Crippen molar-refractivity contribution in [3.8, 4) is 0 Å². The third kappa shape index (κ3) is 1.21. The lowest BCUT2D eigenvalue weighted by molar-refractivity contribution is 0.977. The van der Waals surface area contributed by atoms with Crippen LogP contribution >= 0.6 is 24.6 Å². The molecule has 0 atom stereocenters. The van der Waals surface area contributed by atoms with E-state index in [4.69, 9.17) is 5.84 Å². The minimum atomic E-state index is 0. The predicted octanol–water partition coefficient (Wildman–Crippen LogP) is 0.0763. The van der Waals surface area contributed by atoms with Gasteiger partial charge < -0.3 is 5.84 Å². The van der Waals surface area contributed by atoms with Gasteiger partial charge in [0.2, 0.25) is 4.77 Å². The average molecular weight is 153 g/mol. The van der Waals surface area contributed by atoms with Crippen molar-refractivity contribution in [2.45, 2.75) is 0 Å². The summed E-state index contributed by atoms with van der Waals surface area (Å²) < 4.78 is 1.66. The quantitative estimate of drug-likeness (QED) is 0.409. The van der Waals surface area contributed by atoms with Gasteiger partial charge in [0.15, 0.2) is 0 Å². The molecule has 0 aliphatic heterocycles. The van der Waals surface area contributed by atoms with Crippen LogP contribution in [0.3, 0.4) is 0 Å². The monoisotopic (exact) mass is 152 g/mol. The molecule has 0 unspecified atom stereocenters. The highest BCUT2D eigenvalue weighted by atomic mass is 35.5. The summed E-state index contributed by atoms with van der Waals surface area (Å²) in [6.45, 7) is 0. The molecule has 0 aromatic carbocycles. The predicted molar refractivity (Wildman–Crippen MR) is 34.8 cm³/mol. The molecule has 1 rings (SSSR count). The molecule has 1 heterocycles. The Balaban J connectivity index is 0.000000490. The molecule has 46 valence electrons. The maximum Gasteiger partial charge on any atom is 0.213 e. The lowest BCUT2D eigenvalue weighted by Gasteiger charge is -1.79. The van der Waals surface area contributed by atoms with Crippen molar-refractivity contribution in [3.63, 3.8) is 0 Å². The van der Waals surface area contributed by atoms with E-state index in [0.29, 0.717) is 4.77 Å². The Labute approximate surface area is 57.1 Å². The van der Waals surface area contributed by atoms with Crippen LogP contribution in [-0.2, 0) is 0 Å². The van der Waals surface area contributed by atoms with Crippen LogP contribution < -0.4 is 5.84 Å². The third-order valence-electron chi connectivity index (χ3n) is 0.577. The molecule has 0 saturated heterocycles. The molecule has 8 heavy (non-hydrogen) atoms. The largest absolute Gasteiger partial charge is 0.336 e. The molecule has 0 radical (unpaired) electrons. The summed E-state index contributed by atoms with van der Waals surface area (Å²) in [7, 11) is 0. The first-order chi connectivity index (χ1) is 3.30. The summed E-state index contributed by atoms with van der Waals surface area (Å²) >= 11 is 4.61. The first-order valence-electron chi connectivity index (χ1n) is 1.68. The Bertz CT molecular complexity index is 202. The average Bonchev–Trinajstić information content (AvgIpc) is 1.91. The highest BCUT2D eigenvalue weighted by Crippen LogP contribution is 1.72. The Morgan fingerprint density at radius 3 is 2.62 bits per heavy atom. The number of nitrogens with zero attached hydrogens (tertiary/aromatic N) is 2. The summed E-state index contributed by atoms with van der Waals surface area (Å²) in [4.78, 5) is 0. The number of hydrogen-bond acceptors (Lipinski definition) is 3. The number of aromatic amines is 1. The molecule has 0 aliphatic carbocycles. The van der Waals surface area contributed by atoms with Crippen LogP contribution in [0.1, 0.15) is 0 Å². The molecule has 0 fully saturated rings. The van der Waals surface area contributed by atoms with Gasteiger partial charge in [0, 0.05) is 0 Å². The van der Waals surface area contributed by atoms with Crippen molar-refractivity contribution >= 4 is 24.6 Å². The Hall–Kier alpha value is -0.550. The van der Waals surface area contributed by atoms with Crippen LogP contribution in [0.2, 0.25) is 0 Å². The Morgan fingerprint density at radius 1 is 1.88 bits per heavy atom. The van der Waals surface area contributed by atoms with Crippen molar-refractivity contribution in [1.29, 1.82) is 0 Å². The van der Waals surface area contributed by atoms with Crippen LogP contribution in [0.5, 0.6) is 0 Å². The molecule has 4 nitrogen and oxygen atoms in total. The van der Waals surface area contributed by atoms with Crippen molar-refractivity contribution in [2.24, 2.45) is 0 Å². The molecule has 0 saturated carbocycles. The first kappa shape index (κ1) is 7.45. The van der Waals surface area contributed by atoms with Crippen LogP contribution in [0.25, 0.3) is 0 Å². The molecule has 6 heteroatoms. The zero-order valence-electron chi connectivity index (χ0n) is 3.87. The van der Waals surface area contributed by atoms with Gasteiger partial charge in [0.1, 0.15) is 6.33 Å². The summed E-state index contributed by atoms with van der Waals surface area (Å²) in [6, 6.07) is 0. The van der Waals surface area contributed by atoms with Crippen LogP contribution in [0.4, 0.5) is 0 Å². The van der Waals surface area contributed by atoms with E-state index in [1.54, 1.807) is 0 Å². The molecule has 1 aromatic rings. The minimum Gasteiger partial charge on any atom is -0.336 e. The van der Waals surface area contributed by atoms with E-state index in [1.165, 1.54) is 11.0 Å². The smallest absolute Gasteiger partial charge is 0.213 e. The maximum atomic E-state index is 5.16. The van der Waals surface area contributed by atoms with E-state index in [1.807, 2.05) is 0 Å². The fourth-order valence-electron chi connectivity index (χ4n) is 0.256. The zero-order chi connectivity index (χ0) is 5.28. The highest BCUT2D eigenvalue weighted by Gasteiger charge is 1.78. The van der Waals surface area contributed by atoms with Gasteiger partial charge >= 0.3 is 0 Å². The van der Waals surface area contributed by atoms with Crippen molar-refractivity contribution in [3.05, 3.63) is 11.1 Å². The van der Waals surface area contributed by atoms with Crippen molar-refractivity contribution in [2.75, 3.05) is 5.84 Å². The van der Waals surface area contributed by atoms with E-state index in [0.717, 1.165) is 0 Å². The molecular weight excluding hydrogens is 148 g/mol. The van der Waals surface area contributed by atoms with Crippen LogP contribution in [-0.4, -0.2) is 14.9 Å². The molecule has 0 aliphatic rings. The Kier molecular flexibility index (Phi) is 2.50. The summed E-state index contributed by atoms with van der Waals surface area (Å²) in [5.41, 5.74) is 0. The third-order valence-corrected chi connectivity index (χ3v) is 0.879. The number of nitrogens with one attached hydrogen (secondary N) is 1. The second-order valence-electron chi connectivity index (χ2n) is 1.07. The van der Waals surface area contributed by atoms with Gasteiger partial charge in [0.05, 0.1) is 0 Å². The topological polar surface area (TPSA) is 59.6 Å². The number of aromatic nitrogens is 3. The summed E-state index contributed by atoms with van der Waals surface area (Å²) in [5, 5.41) is 6.00. The molecule has 0 amide bonds. The van der Waals surface area contributed by atoms with Gasteiger partial charge in [-0.25, -0.2) is 4.68 Å². The van der Waals surface area contributed by atoms with Gasteiger partial charge in [0.25, 0.3) is 0 Å². The number of halogens is 1. The standard InChI is InChI=1S/C2H4N4S.ClH/c3-6-1-4-5-2(6)7;/h1H,3H2,(H,5,7);1H. The number of nitrogens with two attached hydrogens (primary N) is 1. The number of nitrogen functional groups attached to an aromatic ring is 1. The number of H-pyrrole nitrogens is 1. The molecule has 3 N–H and O–H groups in total. The van der Waals surface area contributed by atoms with Crippen LogP contribution in [0, 0.1) is 4.77 Å². The van der Waals surface area contributed by atoms with Crippen molar-refractivity contribution in [1.82, 2.24) is 14.9 Å². The Morgan fingerprint density at radius 2 is 2.50 bits per heavy atom. The molecule has 1 aromatic heterocycles. The van der Waals surface area contributed by atoms with Crippen molar-refractivity contribution < 1.29 is 0 Å². The van der Waals surface area contributed by atoms with E-state index in [2.05, 4.69) is 22.4 Å². The SMILES string of the molecule is Cl.Nn1cn[nH]c1=S. The minimum absolute atomic E-state index is 0. The van der Waals surface area contributed by atoms with E-state index >= 15 is 0 Å². The lowest BCUT2D eigenvalue weighted by atomic mass is 11.3. The van der Waals surface area contributed by atoms with E-state index in [-0.39, 0.29) is 12.4 Å². The number of hydrogen-bond donors (Lipinski definition) is 2. The lowest BCUT2D eigenvalue weighted by Crippen LogP contribution is -2.05. The second kappa shape index (κ2) is 2.68. The zero-order valence-corrected chi connectivity index (χ0v) is 5.50. The maximum absolute atomic E-state index is 5.16.